The zero-order valence-electron chi connectivity index (χ0n) is 11.3. The van der Waals surface area contributed by atoms with Crippen LogP contribution in [0.1, 0.15) is 24.0 Å². The Labute approximate surface area is 117 Å². The fourth-order valence-electron chi connectivity index (χ4n) is 3.32. The molecule has 5 heteroatoms. The normalized spacial score (nSPS) is 27.6. The van der Waals surface area contributed by atoms with Crippen LogP contribution in [0.5, 0.6) is 0 Å². The molecule has 1 N–H and O–H groups in total. The van der Waals surface area contributed by atoms with Gasteiger partial charge < -0.3 is 5.32 Å². The molecule has 1 aromatic rings. The average Bonchev–Trinajstić information content (AvgIpc) is 2.80. The Morgan fingerprint density at radius 1 is 1.15 bits per heavy atom. The molecule has 2 heterocycles. The number of fused-ring (bicyclic) bond motifs is 1. The van der Waals surface area contributed by atoms with Gasteiger partial charge in [0.05, 0.1) is 5.56 Å². The fourth-order valence-corrected chi connectivity index (χ4v) is 3.32. The SMILES string of the molecule is FC(F)(F)c1ccc(CN2C[C@@H]3CCCN[C@@H]3C2)cc1. The zero-order valence-corrected chi connectivity index (χ0v) is 11.3. The summed E-state index contributed by atoms with van der Waals surface area (Å²) >= 11 is 0. The van der Waals surface area contributed by atoms with Crippen LogP contribution in [-0.2, 0) is 12.7 Å². The van der Waals surface area contributed by atoms with E-state index in [0.717, 1.165) is 31.7 Å². The van der Waals surface area contributed by atoms with Gasteiger partial charge in [0, 0.05) is 25.7 Å². The van der Waals surface area contributed by atoms with Gasteiger partial charge in [0.1, 0.15) is 0 Å². The molecule has 2 aliphatic heterocycles. The van der Waals surface area contributed by atoms with Gasteiger partial charge in [0.2, 0.25) is 0 Å². The maximum atomic E-state index is 12.5. The van der Waals surface area contributed by atoms with Crippen molar-refractivity contribution in [3.63, 3.8) is 0 Å². The maximum Gasteiger partial charge on any atom is 0.416 e. The van der Waals surface area contributed by atoms with E-state index in [2.05, 4.69) is 10.2 Å². The number of piperidine rings is 1. The first-order chi connectivity index (χ1) is 9.52. The summed E-state index contributed by atoms with van der Waals surface area (Å²) in [6, 6.07) is 6.11. The number of hydrogen-bond donors (Lipinski definition) is 1. The molecule has 2 atom stereocenters. The van der Waals surface area contributed by atoms with Gasteiger partial charge in [-0.05, 0) is 43.0 Å². The van der Waals surface area contributed by atoms with Crippen LogP contribution in [0.3, 0.4) is 0 Å². The van der Waals surface area contributed by atoms with Gasteiger partial charge in [-0.1, -0.05) is 12.1 Å². The highest BCUT2D eigenvalue weighted by molar-refractivity contribution is 5.24. The molecule has 0 unspecified atom stereocenters. The van der Waals surface area contributed by atoms with E-state index in [9.17, 15) is 13.2 Å². The average molecular weight is 284 g/mol. The molecule has 1 aromatic carbocycles. The van der Waals surface area contributed by atoms with Crippen molar-refractivity contribution in [3.8, 4) is 0 Å². The lowest BCUT2D eigenvalue weighted by molar-refractivity contribution is -0.137. The van der Waals surface area contributed by atoms with Crippen molar-refractivity contribution in [1.82, 2.24) is 10.2 Å². The maximum absolute atomic E-state index is 12.5. The lowest BCUT2D eigenvalue weighted by atomic mass is 9.94. The molecule has 0 bridgehead atoms. The molecule has 2 saturated heterocycles. The third kappa shape index (κ3) is 2.99. The van der Waals surface area contributed by atoms with E-state index in [0.29, 0.717) is 12.0 Å². The molecule has 110 valence electrons. The molecule has 2 aliphatic rings. The monoisotopic (exact) mass is 284 g/mol. The summed E-state index contributed by atoms with van der Waals surface area (Å²) in [6.07, 6.45) is -1.75. The topological polar surface area (TPSA) is 15.3 Å². The summed E-state index contributed by atoms with van der Waals surface area (Å²) in [7, 11) is 0. The highest BCUT2D eigenvalue weighted by atomic mass is 19.4. The molecule has 0 radical (unpaired) electrons. The molecule has 2 nitrogen and oxygen atoms in total. The molecule has 0 aliphatic carbocycles. The third-order valence-electron chi connectivity index (χ3n) is 4.36. The molecule has 2 fully saturated rings. The zero-order chi connectivity index (χ0) is 14.2. The van der Waals surface area contributed by atoms with E-state index in [1.807, 2.05) is 0 Å². The summed E-state index contributed by atoms with van der Waals surface area (Å²) in [5.41, 5.74) is 0.384. The molecular formula is C15H19F3N2. The Morgan fingerprint density at radius 3 is 2.55 bits per heavy atom. The second-order valence-electron chi connectivity index (χ2n) is 5.85. The number of nitrogens with zero attached hydrogens (tertiary/aromatic N) is 1. The van der Waals surface area contributed by atoms with Crippen molar-refractivity contribution < 1.29 is 13.2 Å². The van der Waals surface area contributed by atoms with Crippen molar-refractivity contribution in [2.45, 2.75) is 31.6 Å². The van der Waals surface area contributed by atoms with Gasteiger partial charge in [0.15, 0.2) is 0 Å². The number of benzene rings is 1. The lowest BCUT2D eigenvalue weighted by Gasteiger charge is -2.24. The third-order valence-corrected chi connectivity index (χ3v) is 4.36. The number of halogens is 3. The van der Waals surface area contributed by atoms with Crippen LogP contribution in [0.2, 0.25) is 0 Å². The van der Waals surface area contributed by atoms with Gasteiger partial charge in [0.25, 0.3) is 0 Å². The number of rotatable bonds is 2. The summed E-state index contributed by atoms with van der Waals surface area (Å²) in [5.74, 6) is 0.707. The minimum Gasteiger partial charge on any atom is -0.312 e. The highest BCUT2D eigenvalue weighted by Crippen LogP contribution is 2.30. The summed E-state index contributed by atoms with van der Waals surface area (Å²) in [6.45, 7) is 3.90. The van der Waals surface area contributed by atoms with Gasteiger partial charge in [-0.3, -0.25) is 4.90 Å². The van der Waals surface area contributed by atoms with E-state index < -0.39 is 11.7 Å². The second kappa shape index (κ2) is 5.37. The van der Waals surface area contributed by atoms with Crippen molar-refractivity contribution >= 4 is 0 Å². The molecule has 0 spiro atoms. The highest BCUT2D eigenvalue weighted by Gasteiger charge is 2.34. The van der Waals surface area contributed by atoms with E-state index in [4.69, 9.17) is 0 Å². The Hall–Kier alpha value is -1.07. The Kier molecular flexibility index (Phi) is 3.73. The summed E-state index contributed by atoms with van der Waals surface area (Å²) < 4.78 is 37.5. The Morgan fingerprint density at radius 2 is 1.90 bits per heavy atom. The predicted octanol–water partition coefficient (Wildman–Crippen LogP) is 2.89. The van der Waals surface area contributed by atoms with Crippen molar-refractivity contribution in [1.29, 1.82) is 0 Å². The van der Waals surface area contributed by atoms with Crippen LogP contribution in [-0.4, -0.2) is 30.6 Å². The number of nitrogens with one attached hydrogen (secondary N) is 1. The first-order valence-corrected chi connectivity index (χ1v) is 7.14. The van der Waals surface area contributed by atoms with Crippen LogP contribution < -0.4 is 5.32 Å². The smallest absolute Gasteiger partial charge is 0.312 e. The predicted molar refractivity (Wildman–Crippen MR) is 71.2 cm³/mol. The molecule has 0 amide bonds. The molecule has 0 saturated carbocycles. The van der Waals surface area contributed by atoms with E-state index in [1.165, 1.54) is 25.0 Å². The second-order valence-corrected chi connectivity index (χ2v) is 5.85. The number of alkyl halides is 3. The van der Waals surface area contributed by atoms with E-state index in [-0.39, 0.29) is 0 Å². The lowest BCUT2D eigenvalue weighted by Crippen LogP contribution is -2.40. The first-order valence-electron chi connectivity index (χ1n) is 7.14. The van der Waals surface area contributed by atoms with Gasteiger partial charge in [-0.15, -0.1) is 0 Å². The molecule has 3 rings (SSSR count). The Bertz CT molecular complexity index is 441. The van der Waals surface area contributed by atoms with Crippen molar-refractivity contribution in [3.05, 3.63) is 35.4 Å². The van der Waals surface area contributed by atoms with E-state index in [1.54, 1.807) is 12.1 Å². The first kappa shape index (κ1) is 13.9. The van der Waals surface area contributed by atoms with Crippen LogP contribution in [0, 0.1) is 5.92 Å². The minimum atomic E-state index is -4.25. The van der Waals surface area contributed by atoms with Crippen LogP contribution >= 0.6 is 0 Å². The number of hydrogen-bond acceptors (Lipinski definition) is 2. The standard InChI is InChI=1S/C15H19F3N2/c16-15(17,18)13-5-3-11(4-6-13)8-20-9-12-2-1-7-19-14(12)10-20/h3-6,12,14,19H,1-2,7-10H2/t12-,14+/m0/s1. The quantitative estimate of drug-likeness (QED) is 0.898. The fraction of sp³-hybridized carbons (Fsp3) is 0.600. The van der Waals surface area contributed by atoms with Crippen LogP contribution in [0.15, 0.2) is 24.3 Å². The molecule has 20 heavy (non-hydrogen) atoms. The molecule has 0 aromatic heterocycles. The van der Waals surface area contributed by atoms with Gasteiger partial charge in [-0.2, -0.15) is 13.2 Å². The van der Waals surface area contributed by atoms with E-state index >= 15 is 0 Å². The summed E-state index contributed by atoms with van der Waals surface area (Å²) in [4.78, 5) is 2.34. The van der Waals surface area contributed by atoms with Crippen LogP contribution in [0.4, 0.5) is 13.2 Å². The minimum absolute atomic E-state index is 0.568. The largest absolute Gasteiger partial charge is 0.416 e. The molecular weight excluding hydrogens is 265 g/mol. The number of likely N-dealkylation sites (tertiary alicyclic amines) is 1. The van der Waals surface area contributed by atoms with Gasteiger partial charge in [-0.25, -0.2) is 0 Å². The van der Waals surface area contributed by atoms with Crippen LogP contribution in [0.25, 0.3) is 0 Å². The Balaban J connectivity index is 1.61. The van der Waals surface area contributed by atoms with Crippen molar-refractivity contribution in [2.75, 3.05) is 19.6 Å². The van der Waals surface area contributed by atoms with Crippen molar-refractivity contribution in [2.24, 2.45) is 5.92 Å². The summed E-state index contributed by atoms with van der Waals surface area (Å²) in [5, 5.41) is 3.54. The van der Waals surface area contributed by atoms with Gasteiger partial charge >= 0.3 is 6.18 Å².